The van der Waals surface area contributed by atoms with Crippen molar-refractivity contribution in [2.45, 2.75) is 50.2 Å². The Kier molecular flexibility index (Phi) is 8.50. The van der Waals surface area contributed by atoms with Crippen molar-refractivity contribution in [3.8, 4) is 11.1 Å². The fraction of sp³-hybridized carbons (Fsp3) is 0.394. The molecule has 5 rings (SSSR count). The van der Waals surface area contributed by atoms with E-state index in [-0.39, 0.29) is 11.9 Å². The van der Waals surface area contributed by atoms with E-state index in [2.05, 4.69) is 17.1 Å². The summed E-state index contributed by atoms with van der Waals surface area (Å²) < 4.78 is 39.3. The van der Waals surface area contributed by atoms with Gasteiger partial charge in [-0.05, 0) is 54.1 Å². The summed E-state index contributed by atoms with van der Waals surface area (Å²) in [6.07, 6.45) is -2.22. The van der Waals surface area contributed by atoms with E-state index >= 15 is 0 Å². The highest BCUT2D eigenvalue weighted by Gasteiger charge is 2.49. The fourth-order valence-electron chi connectivity index (χ4n) is 6.43. The van der Waals surface area contributed by atoms with Crippen molar-refractivity contribution in [1.29, 1.82) is 0 Å². The van der Waals surface area contributed by atoms with Crippen molar-refractivity contribution in [2.75, 3.05) is 32.7 Å². The minimum Gasteiger partial charge on any atom is -0.346 e. The molecule has 5 nitrogen and oxygen atoms in total. The molecule has 216 valence electrons. The molecule has 8 heteroatoms. The van der Waals surface area contributed by atoms with E-state index in [0.717, 1.165) is 47.3 Å². The smallest absolute Gasteiger partial charge is 0.346 e. The number of carbonyl (C=O) groups excluding carboxylic acids is 2. The summed E-state index contributed by atoms with van der Waals surface area (Å²) in [6, 6.07) is 25.0. The second-order valence-corrected chi connectivity index (χ2v) is 11.1. The number of hydrogen-bond donors (Lipinski definition) is 1. The van der Waals surface area contributed by atoms with Gasteiger partial charge in [-0.2, -0.15) is 13.2 Å². The average Bonchev–Trinajstić information content (AvgIpc) is 3.25. The van der Waals surface area contributed by atoms with Gasteiger partial charge in [-0.1, -0.05) is 85.3 Å². The Hall–Kier alpha value is -3.65. The monoisotopic (exact) mass is 563 g/mol. The number of amides is 2. The molecule has 1 atom stereocenters. The number of hydrogen-bond acceptors (Lipinski definition) is 3. The molecule has 0 spiro atoms. The Bertz CT molecular complexity index is 1330. The predicted octanol–water partition coefficient (Wildman–Crippen LogP) is 5.58. The van der Waals surface area contributed by atoms with Crippen LogP contribution in [0.3, 0.4) is 0 Å². The van der Waals surface area contributed by atoms with Crippen LogP contribution in [0.4, 0.5) is 13.2 Å². The molecule has 2 amide bonds. The van der Waals surface area contributed by atoms with E-state index in [4.69, 9.17) is 0 Å². The third-order valence-corrected chi connectivity index (χ3v) is 8.46. The fourth-order valence-corrected chi connectivity index (χ4v) is 6.43. The summed E-state index contributed by atoms with van der Waals surface area (Å²) in [6.45, 7) is 3.66. The number of nitrogens with zero attached hydrogens (tertiary/aromatic N) is 2. The third-order valence-electron chi connectivity index (χ3n) is 8.46. The first-order valence-corrected chi connectivity index (χ1v) is 14.3. The molecule has 0 aromatic heterocycles. The molecule has 1 aliphatic heterocycles. The largest absolute Gasteiger partial charge is 0.405 e. The zero-order valence-electron chi connectivity index (χ0n) is 23.3. The van der Waals surface area contributed by atoms with Crippen LogP contribution in [-0.2, 0) is 21.4 Å². The van der Waals surface area contributed by atoms with Gasteiger partial charge in [-0.15, -0.1) is 0 Å². The van der Waals surface area contributed by atoms with Crippen molar-refractivity contribution >= 4 is 11.8 Å². The van der Waals surface area contributed by atoms with Gasteiger partial charge in [0.15, 0.2) is 0 Å². The highest BCUT2D eigenvalue weighted by Crippen LogP contribution is 2.51. The summed E-state index contributed by atoms with van der Waals surface area (Å²) in [5.74, 6) is -0.473. The summed E-state index contributed by atoms with van der Waals surface area (Å²) in [7, 11) is 0. The van der Waals surface area contributed by atoms with Crippen molar-refractivity contribution in [3.05, 3.63) is 95.6 Å². The van der Waals surface area contributed by atoms with Gasteiger partial charge in [-0.3, -0.25) is 14.5 Å². The number of alkyl halides is 3. The van der Waals surface area contributed by atoms with Crippen LogP contribution in [0.2, 0.25) is 0 Å². The van der Waals surface area contributed by atoms with Crippen molar-refractivity contribution in [3.63, 3.8) is 0 Å². The zero-order valence-corrected chi connectivity index (χ0v) is 23.3. The number of fused-ring (bicyclic) bond motifs is 3. The molecule has 0 bridgehead atoms. The van der Waals surface area contributed by atoms with Gasteiger partial charge in [0.2, 0.25) is 11.8 Å². The molecule has 41 heavy (non-hydrogen) atoms. The lowest BCUT2D eigenvalue weighted by Gasteiger charge is -2.40. The first-order valence-electron chi connectivity index (χ1n) is 14.3. The quantitative estimate of drug-likeness (QED) is 0.346. The molecule has 3 aromatic carbocycles. The number of piperazine rings is 1. The predicted molar refractivity (Wildman–Crippen MR) is 153 cm³/mol. The van der Waals surface area contributed by atoms with E-state index in [0.29, 0.717) is 32.4 Å². The summed E-state index contributed by atoms with van der Waals surface area (Å²) in [5, 5.41) is 2.21. The van der Waals surface area contributed by atoms with Crippen molar-refractivity contribution in [2.24, 2.45) is 0 Å². The van der Waals surface area contributed by atoms with E-state index in [1.165, 1.54) is 0 Å². The molecule has 2 aliphatic rings. The van der Waals surface area contributed by atoms with Crippen LogP contribution >= 0.6 is 0 Å². The number of nitrogens with one attached hydrogen (secondary N) is 1. The molecule has 1 saturated heterocycles. The van der Waals surface area contributed by atoms with Gasteiger partial charge in [-0.25, -0.2) is 0 Å². The lowest BCUT2D eigenvalue weighted by atomic mass is 9.73. The molecular formula is C33H36F3N3O2. The van der Waals surface area contributed by atoms with Gasteiger partial charge in [0.1, 0.15) is 12.0 Å². The molecule has 1 heterocycles. The Morgan fingerprint density at radius 1 is 0.878 bits per heavy atom. The zero-order chi connectivity index (χ0) is 29.0. The first-order chi connectivity index (χ1) is 19.7. The Morgan fingerprint density at radius 3 is 2.10 bits per heavy atom. The van der Waals surface area contributed by atoms with Crippen molar-refractivity contribution < 1.29 is 22.8 Å². The van der Waals surface area contributed by atoms with Gasteiger partial charge >= 0.3 is 6.18 Å². The van der Waals surface area contributed by atoms with Gasteiger partial charge < -0.3 is 10.2 Å². The van der Waals surface area contributed by atoms with Gasteiger partial charge in [0.25, 0.3) is 0 Å². The SMILES string of the molecule is C[C@H]1CN(C(=O)Cc2ccccc2)CCN1CCCCC1(C(=O)NCC(F)(F)F)c2ccccc2-c2ccccc21. The Balaban J connectivity index is 1.24. The molecule has 1 aliphatic carbocycles. The van der Waals surface area contributed by atoms with Crippen LogP contribution in [-0.4, -0.2) is 66.6 Å². The van der Waals surface area contributed by atoms with E-state index in [1.807, 2.05) is 83.8 Å². The summed E-state index contributed by atoms with van der Waals surface area (Å²) in [5.41, 5.74) is 3.16. The lowest BCUT2D eigenvalue weighted by Crippen LogP contribution is -2.54. The molecule has 0 radical (unpaired) electrons. The number of carbonyl (C=O) groups is 2. The maximum Gasteiger partial charge on any atom is 0.405 e. The molecule has 3 aromatic rings. The maximum atomic E-state index is 13.7. The second kappa shape index (κ2) is 12.1. The van der Waals surface area contributed by atoms with Crippen LogP contribution in [0, 0.1) is 0 Å². The molecule has 0 unspecified atom stereocenters. The third kappa shape index (κ3) is 6.17. The van der Waals surface area contributed by atoms with E-state index in [9.17, 15) is 22.8 Å². The molecule has 1 N–H and O–H groups in total. The first kappa shape index (κ1) is 28.9. The number of rotatable bonds is 9. The van der Waals surface area contributed by atoms with Gasteiger partial charge in [0.05, 0.1) is 6.42 Å². The van der Waals surface area contributed by atoms with E-state index < -0.39 is 24.0 Å². The average molecular weight is 564 g/mol. The Labute approximate surface area is 239 Å². The summed E-state index contributed by atoms with van der Waals surface area (Å²) >= 11 is 0. The van der Waals surface area contributed by atoms with Gasteiger partial charge in [0, 0.05) is 25.7 Å². The lowest BCUT2D eigenvalue weighted by molar-refractivity contribution is -0.141. The van der Waals surface area contributed by atoms with Crippen LogP contribution in [0.15, 0.2) is 78.9 Å². The highest BCUT2D eigenvalue weighted by molar-refractivity contribution is 6.00. The van der Waals surface area contributed by atoms with E-state index in [1.54, 1.807) is 0 Å². The minimum absolute atomic E-state index is 0.132. The summed E-state index contributed by atoms with van der Waals surface area (Å²) in [4.78, 5) is 30.8. The van der Waals surface area contributed by atoms with Crippen LogP contribution < -0.4 is 5.32 Å². The number of halogens is 3. The molecule has 1 fully saturated rings. The maximum absolute atomic E-state index is 13.7. The normalized spacial score (nSPS) is 18.0. The van der Waals surface area contributed by atoms with Crippen molar-refractivity contribution in [1.82, 2.24) is 15.1 Å². The standard InChI is InChI=1S/C33H36F3N3O2/c1-24-22-39(30(40)21-25-11-3-2-4-12-25)20-19-38(24)18-10-9-17-32(31(41)37-23-33(34,35)36)28-15-7-5-13-26(28)27-14-6-8-16-29(27)32/h2-8,11-16,24H,9-10,17-23H2,1H3,(H,37,41)/t24-/m0/s1. The van der Waals surface area contributed by atoms with Crippen LogP contribution in [0.5, 0.6) is 0 Å². The highest BCUT2D eigenvalue weighted by atomic mass is 19.4. The number of benzene rings is 3. The molecular weight excluding hydrogens is 527 g/mol. The second-order valence-electron chi connectivity index (χ2n) is 11.1. The topological polar surface area (TPSA) is 52.7 Å². The van der Waals surface area contributed by atoms with Crippen LogP contribution in [0.1, 0.15) is 42.9 Å². The Morgan fingerprint density at radius 2 is 1.49 bits per heavy atom. The van der Waals surface area contributed by atoms with Crippen LogP contribution in [0.25, 0.3) is 11.1 Å². The number of unbranched alkanes of at least 4 members (excludes halogenated alkanes) is 1. The minimum atomic E-state index is -4.49. The molecule has 0 saturated carbocycles.